The molecular weight excluding hydrogens is 187 g/mol. The van der Waals surface area contributed by atoms with Gasteiger partial charge in [-0.2, -0.15) is 0 Å². The van der Waals surface area contributed by atoms with E-state index in [4.69, 9.17) is 9.84 Å². The van der Waals surface area contributed by atoms with Crippen LogP contribution in [0.3, 0.4) is 0 Å². The number of carbonyl (C=O) groups is 1. The molecule has 0 unspecified atom stereocenters. The number of rotatable bonds is 3. The van der Waals surface area contributed by atoms with Crippen molar-refractivity contribution in [1.82, 2.24) is 0 Å². The Balaban J connectivity index is 3.13. The van der Waals surface area contributed by atoms with Crippen molar-refractivity contribution >= 4 is 5.97 Å². The monoisotopic (exact) mass is 198 g/mol. The van der Waals surface area contributed by atoms with Crippen molar-refractivity contribution in [3.05, 3.63) is 29.1 Å². The van der Waals surface area contributed by atoms with Crippen molar-refractivity contribution in [3.8, 4) is 5.75 Å². The zero-order chi connectivity index (χ0) is 10.7. The minimum Gasteiger partial charge on any atom is -0.496 e. The summed E-state index contributed by atoms with van der Waals surface area (Å²) in [7, 11) is 1.43. The van der Waals surface area contributed by atoms with Gasteiger partial charge in [-0.15, -0.1) is 0 Å². The van der Waals surface area contributed by atoms with Crippen LogP contribution in [0.2, 0.25) is 0 Å². The van der Waals surface area contributed by atoms with Gasteiger partial charge in [0.15, 0.2) is 0 Å². The largest absolute Gasteiger partial charge is 0.496 e. The summed E-state index contributed by atoms with van der Waals surface area (Å²) in [5.41, 5.74) is 0.791. The Bertz CT molecular complexity index is 361. The summed E-state index contributed by atoms with van der Waals surface area (Å²) in [5.74, 6) is -1.01. The summed E-state index contributed by atoms with van der Waals surface area (Å²) < 4.78 is 18.0. The molecule has 76 valence electrons. The Morgan fingerprint density at radius 2 is 2.21 bits per heavy atom. The van der Waals surface area contributed by atoms with Gasteiger partial charge in [-0.05, 0) is 24.6 Å². The minimum absolute atomic E-state index is 0.236. The number of carboxylic acids is 1. The SMILES string of the molecule is COc1cc(C)c(F)cc1CC(=O)O. The van der Waals surface area contributed by atoms with Crippen LogP contribution in [0.4, 0.5) is 4.39 Å². The lowest BCUT2D eigenvalue weighted by Gasteiger charge is -2.08. The summed E-state index contributed by atoms with van der Waals surface area (Å²) in [6, 6.07) is 2.69. The summed E-state index contributed by atoms with van der Waals surface area (Å²) in [6.07, 6.45) is -0.236. The first-order valence-corrected chi connectivity index (χ1v) is 4.09. The molecule has 0 aliphatic carbocycles. The molecule has 0 heterocycles. The summed E-state index contributed by atoms with van der Waals surface area (Å²) in [5, 5.41) is 8.57. The number of aliphatic carboxylic acids is 1. The van der Waals surface area contributed by atoms with Crippen LogP contribution < -0.4 is 4.74 Å². The second-order valence-corrected chi connectivity index (χ2v) is 2.98. The third-order valence-corrected chi connectivity index (χ3v) is 1.90. The van der Waals surface area contributed by atoms with E-state index in [1.54, 1.807) is 6.92 Å². The van der Waals surface area contributed by atoms with Crippen LogP contribution >= 0.6 is 0 Å². The maximum absolute atomic E-state index is 13.1. The average molecular weight is 198 g/mol. The fourth-order valence-electron chi connectivity index (χ4n) is 1.19. The van der Waals surface area contributed by atoms with Gasteiger partial charge in [-0.1, -0.05) is 0 Å². The zero-order valence-electron chi connectivity index (χ0n) is 8.00. The normalized spacial score (nSPS) is 9.93. The van der Waals surface area contributed by atoms with Crippen LogP contribution in [0, 0.1) is 12.7 Å². The van der Waals surface area contributed by atoms with Crippen LogP contribution in [0.15, 0.2) is 12.1 Å². The Morgan fingerprint density at radius 1 is 1.57 bits per heavy atom. The molecule has 1 aromatic carbocycles. The van der Waals surface area contributed by atoms with Gasteiger partial charge in [0.05, 0.1) is 13.5 Å². The quantitative estimate of drug-likeness (QED) is 0.805. The van der Waals surface area contributed by atoms with E-state index in [-0.39, 0.29) is 6.42 Å². The van der Waals surface area contributed by atoms with Gasteiger partial charge in [0.25, 0.3) is 0 Å². The van der Waals surface area contributed by atoms with E-state index in [0.717, 1.165) is 0 Å². The standard InChI is InChI=1S/C10H11FO3/c1-6-3-9(14-2)7(4-8(6)11)5-10(12)13/h3-4H,5H2,1-2H3,(H,12,13). The molecule has 4 heteroatoms. The number of ether oxygens (including phenoxy) is 1. The van der Waals surface area contributed by atoms with Crippen molar-refractivity contribution in [2.75, 3.05) is 7.11 Å². The van der Waals surface area contributed by atoms with E-state index in [0.29, 0.717) is 16.9 Å². The molecule has 0 bridgehead atoms. The summed E-state index contributed by atoms with van der Waals surface area (Å²) in [4.78, 5) is 10.5. The van der Waals surface area contributed by atoms with E-state index in [9.17, 15) is 9.18 Å². The predicted octanol–water partition coefficient (Wildman–Crippen LogP) is 1.77. The molecule has 0 amide bonds. The molecule has 0 radical (unpaired) electrons. The highest BCUT2D eigenvalue weighted by Gasteiger charge is 2.10. The first-order valence-electron chi connectivity index (χ1n) is 4.09. The third-order valence-electron chi connectivity index (χ3n) is 1.90. The Kier molecular flexibility index (Phi) is 3.06. The van der Waals surface area contributed by atoms with Gasteiger partial charge in [0, 0.05) is 5.56 Å². The zero-order valence-corrected chi connectivity index (χ0v) is 8.00. The Morgan fingerprint density at radius 3 is 2.71 bits per heavy atom. The molecule has 3 nitrogen and oxygen atoms in total. The van der Waals surface area contributed by atoms with Gasteiger partial charge in [0.2, 0.25) is 0 Å². The van der Waals surface area contributed by atoms with Crippen molar-refractivity contribution in [1.29, 1.82) is 0 Å². The maximum atomic E-state index is 13.1. The lowest BCUT2D eigenvalue weighted by molar-refractivity contribution is -0.136. The molecule has 1 rings (SSSR count). The summed E-state index contributed by atoms with van der Waals surface area (Å²) in [6.45, 7) is 1.60. The fourth-order valence-corrected chi connectivity index (χ4v) is 1.19. The van der Waals surface area contributed by atoms with Crippen LogP contribution in [-0.4, -0.2) is 18.2 Å². The molecule has 0 aromatic heterocycles. The van der Waals surface area contributed by atoms with Crippen LogP contribution in [0.5, 0.6) is 5.75 Å². The van der Waals surface area contributed by atoms with E-state index in [1.165, 1.54) is 19.2 Å². The summed E-state index contributed by atoms with van der Waals surface area (Å²) >= 11 is 0. The number of hydrogen-bond donors (Lipinski definition) is 1. The van der Waals surface area contributed by atoms with Crippen molar-refractivity contribution in [2.45, 2.75) is 13.3 Å². The molecule has 0 fully saturated rings. The van der Waals surface area contributed by atoms with Gasteiger partial charge in [-0.3, -0.25) is 4.79 Å². The van der Waals surface area contributed by atoms with Crippen LogP contribution in [0.1, 0.15) is 11.1 Å². The molecule has 0 aliphatic rings. The highest BCUT2D eigenvalue weighted by molar-refractivity contribution is 5.71. The lowest BCUT2D eigenvalue weighted by Crippen LogP contribution is -2.03. The third kappa shape index (κ3) is 2.22. The van der Waals surface area contributed by atoms with E-state index in [2.05, 4.69) is 0 Å². The minimum atomic E-state index is -1.01. The second kappa shape index (κ2) is 4.09. The smallest absolute Gasteiger partial charge is 0.307 e. The molecule has 14 heavy (non-hydrogen) atoms. The van der Waals surface area contributed by atoms with Gasteiger partial charge < -0.3 is 9.84 Å². The number of halogens is 1. The highest BCUT2D eigenvalue weighted by Crippen LogP contribution is 2.22. The Hall–Kier alpha value is -1.58. The highest BCUT2D eigenvalue weighted by atomic mass is 19.1. The van der Waals surface area contributed by atoms with Gasteiger partial charge in [0.1, 0.15) is 11.6 Å². The lowest BCUT2D eigenvalue weighted by atomic mass is 10.1. The predicted molar refractivity (Wildman–Crippen MR) is 49.0 cm³/mol. The average Bonchev–Trinajstić information content (AvgIpc) is 2.10. The van der Waals surface area contributed by atoms with Crippen molar-refractivity contribution in [3.63, 3.8) is 0 Å². The molecule has 0 spiro atoms. The molecule has 0 saturated carbocycles. The number of hydrogen-bond acceptors (Lipinski definition) is 2. The van der Waals surface area contributed by atoms with Crippen molar-refractivity contribution in [2.24, 2.45) is 0 Å². The number of benzene rings is 1. The van der Waals surface area contributed by atoms with Crippen LogP contribution in [0.25, 0.3) is 0 Å². The molecule has 0 aliphatic heterocycles. The van der Waals surface area contributed by atoms with Gasteiger partial charge in [-0.25, -0.2) is 4.39 Å². The topological polar surface area (TPSA) is 46.5 Å². The van der Waals surface area contributed by atoms with Gasteiger partial charge >= 0.3 is 5.97 Å². The van der Waals surface area contributed by atoms with E-state index in [1.807, 2.05) is 0 Å². The first-order chi connectivity index (χ1) is 6.54. The Labute approximate surface area is 81.1 Å². The first kappa shape index (κ1) is 10.5. The fraction of sp³-hybridized carbons (Fsp3) is 0.300. The van der Waals surface area contributed by atoms with E-state index >= 15 is 0 Å². The molecule has 1 aromatic rings. The molecule has 0 atom stereocenters. The number of aryl methyl sites for hydroxylation is 1. The second-order valence-electron chi connectivity index (χ2n) is 2.98. The number of methoxy groups -OCH3 is 1. The molecular formula is C10H11FO3. The van der Waals surface area contributed by atoms with Crippen molar-refractivity contribution < 1.29 is 19.0 Å². The van der Waals surface area contributed by atoms with E-state index < -0.39 is 11.8 Å². The maximum Gasteiger partial charge on any atom is 0.307 e. The van der Waals surface area contributed by atoms with Crippen LogP contribution in [-0.2, 0) is 11.2 Å². The number of carboxylic acid groups (broad SMARTS) is 1. The molecule has 0 saturated heterocycles. The molecule has 1 N–H and O–H groups in total.